The number of thioether (sulfide) groups is 1. The first kappa shape index (κ1) is 25.5. The van der Waals surface area contributed by atoms with Gasteiger partial charge in [0.15, 0.2) is 18.1 Å². The van der Waals surface area contributed by atoms with Gasteiger partial charge in [0, 0.05) is 5.69 Å². The van der Waals surface area contributed by atoms with Gasteiger partial charge >= 0.3 is 5.97 Å². The minimum absolute atomic E-state index is 0.0804. The molecule has 0 aromatic heterocycles. The Balaban J connectivity index is 1.76. The van der Waals surface area contributed by atoms with Gasteiger partial charge in [-0.3, -0.25) is 24.1 Å². The van der Waals surface area contributed by atoms with Gasteiger partial charge in [-0.05, 0) is 89.3 Å². The number of nitrogens with one attached hydrogen (secondary N) is 1. The van der Waals surface area contributed by atoms with E-state index in [0.717, 1.165) is 0 Å². The van der Waals surface area contributed by atoms with E-state index in [1.54, 1.807) is 19.1 Å². The highest BCUT2D eigenvalue weighted by Gasteiger charge is 2.36. The van der Waals surface area contributed by atoms with Crippen molar-refractivity contribution in [3.05, 3.63) is 56.3 Å². The van der Waals surface area contributed by atoms with Crippen molar-refractivity contribution in [2.45, 2.75) is 6.92 Å². The number of hydrogen-bond donors (Lipinski definition) is 2. The molecular weight excluding hydrogens is 582 g/mol. The van der Waals surface area contributed by atoms with Gasteiger partial charge in [-0.1, -0.05) is 0 Å². The molecule has 0 unspecified atom stereocenters. The van der Waals surface area contributed by atoms with Gasteiger partial charge in [-0.25, -0.2) is 4.39 Å². The molecule has 0 aliphatic carbocycles. The fraction of sp³-hybridized carbons (Fsp3) is 0.182. The Labute approximate surface area is 211 Å². The number of aliphatic carboxylic acids is 1. The molecule has 3 rings (SSSR count). The van der Waals surface area contributed by atoms with Crippen molar-refractivity contribution in [2.24, 2.45) is 0 Å². The molecule has 0 saturated carbocycles. The van der Waals surface area contributed by atoms with Crippen LogP contribution in [0.1, 0.15) is 12.5 Å². The Morgan fingerprint density at radius 3 is 2.56 bits per heavy atom. The van der Waals surface area contributed by atoms with Crippen LogP contribution >= 0.6 is 34.4 Å². The van der Waals surface area contributed by atoms with Crippen LogP contribution in [0.2, 0.25) is 0 Å². The van der Waals surface area contributed by atoms with Crippen molar-refractivity contribution in [1.29, 1.82) is 0 Å². The molecule has 12 heteroatoms. The number of carboxylic acid groups (broad SMARTS) is 1. The molecule has 0 bridgehead atoms. The van der Waals surface area contributed by atoms with Crippen molar-refractivity contribution in [2.75, 3.05) is 25.1 Å². The Kier molecular flexibility index (Phi) is 8.50. The molecule has 2 aromatic rings. The number of carboxylic acids is 1. The summed E-state index contributed by atoms with van der Waals surface area (Å²) in [5.74, 6) is -2.23. The van der Waals surface area contributed by atoms with Gasteiger partial charge in [0.2, 0.25) is 0 Å². The summed E-state index contributed by atoms with van der Waals surface area (Å²) in [4.78, 5) is 48.2. The topological polar surface area (TPSA) is 122 Å². The predicted octanol–water partition coefficient (Wildman–Crippen LogP) is 3.97. The highest BCUT2D eigenvalue weighted by atomic mass is 127. The summed E-state index contributed by atoms with van der Waals surface area (Å²) in [6, 6.07) is 8.56. The lowest BCUT2D eigenvalue weighted by atomic mass is 10.2. The lowest BCUT2D eigenvalue weighted by Gasteiger charge is -2.15. The van der Waals surface area contributed by atoms with E-state index in [1.807, 2.05) is 22.6 Å². The Bertz CT molecular complexity index is 1170. The molecule has 9 nitrogen and oxygen atoms in total. The maximum absolute atomic E-state index is 13.0. The Morgan fingerprint density at radius 2 is 1.91 bits per heavy atom. The number of rotatable bonds is 9. The average molecular weight is 600 g/mol. The third-order valence-electron chi connectivity index (χ3n) is 4.27. The van der Waals surface area contributed by atoms with Crippen LogP contribution in [0.4, 0.5) is 14.9 Å². The number of hydrogen-bond acceptors (Lipinski definition) is 7. The van der Waals surface area contributed by atoms with Crippen LogP contribution in [0.5, 0.6) is 11.5 Å². The van der Waals surface area contributed by atoms with E-state index in [-0.39, 0.29) is 11.5 Å². The monoisotopic (exact) mass is 600 g/mol. The second-order valence-corrected chi connectivity index (χ2v) is 8.92. The lowest BCUT2D eigenvalue weighted by molar-refractivity contribution is -0.140. The van der Waals surface area contributed by atoms with Crippen LogP contribution in [-0.4, -0.2) is 52.8 Å². The number of amides is 3. The van der Waals surface area contributed by atoms with Gasteiger partial charge in [0.25, 0.3) is 17.1 Å². The second kappa shape index (κ2) is 11.3. The predicted molar refractivity (Wildman–Crippen MR) is 131 cm³/mol. The van der Waals surface area contributed by atoms with E-state index in [1.165, 1.54) is 30.3 Å². The standard InChI is InChI=1S/C22H18FIN2O7S/c1-2-32-16-8-12(9-17-21(30)26(10-19(28)29)22(31)34-17)7-15(24)20(16)33-11-18(27)25-14-5-3-13(23)4-6-14/h3-9H,2,10-11H2,1H3,(H,25,27)(H,28,29)/b17-9+. The number of benzene rings is 2. The van der Waals surface area contributed by atoms with Crippen molar-refractivity contribution in [3.8, 4) is 11.5 Å². The quantitative estimate of drug-likeness (QED) is 0.328. The Hall–Kier alpha value is -3.13. The van der Waals surface area contributed by atoms with E-state index in [2.05, 4.69) is 5.32 Å². The summed E-state index contributed by atoms with van der Waals surface area (Å²) < 4.78 is 24.9. The molecule has 0 atom stereocenters. The van der Waals surface area contributed by atoms with E-state index >= 15 is 0 Å². The summed E-state index contributed by atoms with van der Waals surface area (Å²) in [7, 11) is 0. The molecule has 0 radical (unpaired) electrons. The summed E-state index contributed by atoms with van der Waals surface area (Å²) in [5.41, 5.74) is 0.943. The first-order valence-corrected chi connectivity index (χ1v) is 11.7. The minimum atomic E-state index is -1.29. The normalized spacial score (nSPS) is 14.4. The van der Waals surface area contributed by atoms with Crippen LogP contribution in [0.15, 0.2) is 41.3 Å². The number of nitrogens with zero attached hydrogens (tertiary/aromatic N) is 1. The van der Waals surface area contributed by atoms with Gasteiger partial charge in [0.05, 0.1) is 15.1 Å². The average Bonchev–Trinajstić information content (AvgIpc) is 3.02. The highest BCUT2D eigenvalue weighted by molar-refractivity contribution is 14.1. The first-order chi connectivity index (χ1) is 16.2. The maximum Gasteiger partial charge on any atom is 0.323 e. The lowest BCUT2D eigenvalue weighted by Crippen LogP contribution is -2.33. The summed E-state index contributed by atoms with van der Waals surface area (Å²) >= 11 is 2.63. The number of halogens is 2. The fourth-order valence-electron chi connectivity index (χ4n) is 2.87. The fourth-order valence-corrected chi connectivity index (χ4v) is 4.48. The van der Waals surface area contributed by atoms with E-state index < -0.39 is 35.4 Å². The SMILES string of the molecule is CCOc1cc(/C=C2/SC(=O)N(CC(=O)O)C2=O)cc(I)c1OCC(=O)Nc1ccc(F)cc1. The zero-order valence-corrected chi connectivity index (χ0v) is 20.6. The summed E-state index contributed by atoms with van der Waals surface area (Å²) in [5, 5.41) is 10.8. The first-order valence-electron chi connectivity index (χ1n) is 9.79. The molecule has 1 aliphatic heterocycles. The zero-order chi connectivity index (χ0) is 24.8. The van der Waals surface area contributed by atoms with Crippen LogP contribution in [-0.2, 0) is 14.4 Å². The van der Waals surface area contributed by atoms with Crippen LogP contribution in [0.3, 0.4) is 0 Å². The minimum Gasteiger partial charge on any atom is -0.490 e. The molecule has 1 aliphatic rings. The molecule has 1 fully saturated rings. The molecule has 2 N–H and O–H groups in total. The molecule has 1 saturated heterocycles. The number of carbonyl (C=O) groups is 4. The molecule has 34 heavy (non-hydrogen) atoms. The van der Waals surface area contributed by atoms with Crippen molar-refractivity contribution < 1.29 is 38.1 Å². The highest BCUT2D eigenvalue weighted by Crippen LogP contribution is 2.37. The molecule has 2 aromatic carbocycles. The van der Waals surface area contributed by atoms with Crippen LogP contribution < -0.4 is 14.8 Å². The van der Waals surface area contributed by atoms with Crippen molar-refractivity contribution in [1.82, 2.24) is 4.90 Å². The van der Waals surface area contributed by atoms with E-state index in [0.29, 0.717) is 49.6 Å². The van der Waals surface area contributed by atoms with Crippen molar-refractivity contribution in [3.63, 3.8) is 0 Å². The van der Waals surface area contributed by atoms with Gasteiger partial charge < -0.3 is 19.9 Å². The summed E-state index contributed by atoms with van der Waals surface area (Å²) in [6.45, 7) is 1.02. The smallest absolute Gasteiger partial charge is 0.323 e. The third-order valence-corrected chi connectivity index (χ3v) is 5.98. The number of imide groups is 1. The van der Waals surface area contributed by atoms with Gasteiger partial charge in [-0.2, -0.15) is 0 Å². The van der Waals surface area contributed by atoms with E-state index in [9.17, 15) is 23.6 Å². The largest absolute Gasteiger partial charge is 0.490 e. The summed E-state index contributed by atoms with van der Waals surface area (Å²) in [6.07, 6.45) is 1.46. The number of anilines is 1. The zero-order valence-electron chi connectivity index (χ0n) is 17.7. The molecular formula is C22H18FIN2O7S. The van der Waals surface area contributed by atoms with Gasteiger partial charge in [-0.15, -0.1) is 0 Å². The molecule has 1 heterocycles. The number of ether oxygens (including phenoxy) is 2. The number of carbonyl (C=O) groups excluding carboxylic acids is 3. The van der Waals surface area contributed by atoms with Gasteiger partial charge in [0.1, 0.15) is 12.4 Å². The van der Waals surface area contributed by atoms with E-state index in [4.69, 9.17) is 14.6 Å². The van der Waals surface area contributed by atoms with Crippen LogP contribution in [0.25, 0.3) is 6.08 Å². The third kappa shape index (κ3) is 6.47. The van der Waals surface area contributed by atoms with Crippen LogP contribution in [0, 0.1) is 9.39 Å². The van der Waals surface area contributed by atoms with Crippen molar-refractivity contribution >= 4 is 69.1 Å². The maximum atomic E-state index is 13.0. The second-order valence-electron chi connectivity index (χ2n) is 6.77. The Morgan fingerprint density at radius 1 is 1.21 bits per heavy atom. The molecule has 178 valence electrons. The molecule has 0 spiro atoms. The molecule has 3 amide bonds.